The highest BCUT2D eigenvalue weighted by molar-refractivity contribution is 5.92. The zero-order valence-electron chi connectivity index (χ0n) is 22.5. The molecule has 0 aliphatic heterocycles. The van der Waals surface area contributed by atoms with Crippen LogP contribution in [0.4, 0.5) is 17.6 Å². The van der Waals surface area contributed by atoms with Crippen LogP contribution in [0.2, 0.25) is 0 Å². The van der Waals surface area contributed by atoms with Crippen molar-refractivity contribution in [3.63, 3.8) is 0 Å². The fourth-order valence-electron chi connectivity index (χ4n) is 5.47. The number of primary amides is 1. The lowest BCUT2D eigenvalue weighted by Crippen LogP contribution is -2.41. The SMILES string of the molecule is N#Cc1cccc(C(N)(CCC2CC2)c2ccc(F)c(C3(CN)C=CC=C(n4nc(C(F)(F)F)cc4C(N)=O)C3)c2)n1. The maximum atomic E-state index is 15.7. The minimum absolute atomic E-state index is 0.0819. The molecular formula is C30H29F4N7O. The van der Waals surface area contributed by atoms with Crippen LogP contribution in [0.1, 0.15) is 70.8 Å². The summed E-state index contributed by atoms with van der Waals surface area (Å²) in [6.45, 7) is -0.123. The second-order valence-corrected chi connectivity index (χ2v) is 10.9. The molecule has 218 valence electrons. The van der Waals surface area contributed by atoms with Crippen molar-refractivity contribution in [1.29, 1.82) is 5.26 Å². The molecule has 0 bridgehead atoms. The summed E-state index contributed by atoms with van der Waals surface area (Å²) >= 11 is 0. The van der Waals surface area contributed by atoms with Gasteiger partial charge in [-0.3, -0.25) is 4.79 Å². The van der Waals surface area contributed by atoms with E-state index in [-0.39, 0.29) is 29.9 Å². The monoisotopic (exact) mass is 579 g/mol. The Balaban J connectivity index is 1.58. The zero-order chi connectivity index (χ0) is 30.3. The Bertz CT molecular complexity index is 1630. The van der Waals surface area contributed by atoms with Gasteiger partial charge in [-0.2, -0.15) is 23.5 Å². The molecule has 0 saturated heterocycles. The molecule has 2 aliphatic carbocycles. The zero-order valence-corrected chi connectivity index (χ0v) is 22.5. The van der Waals surface area contributed by atoms with E-state index in [1.165, 1.54) is 18.2 Å². The number of amides is 1. The molecule has 1 aromatic carbocycles. The predicted molar refractivity (Wildman–Crippen MR) is 147 cm³/mol. The van der Waals surface area contributed by atoms with Gasteiger partial charge in [-0.25, -0.2) is 14.1 Å². The van der Waals surface area contributed by atoms with Crippen LogP contribution in [0.15, 0.2) is 60.7 Å². The summed E-state index contributed by atoms with van der Waals surface area (Å²) < 4.78 is 56.8. The van der Waals surface area contributed by atoms with Gasteiger partial charge in [-0.15, -0.1) is 0 Å². The number of aromatic nitrogens is 3. The quantitative estimate of drug-likeness (QED) is 0.318. The fraction of sp³-hybridized carbons (Fsp3) is 0.333. The molecule has 12 heteroatoms. The minimum atomic E-state index is -4.81. The van der Waals surface area contributed by atoms with Gasteiger partial charge in [0.1, 0.15) is 23.3 Å². The number of nitriles is 1. The Labute approximate surface area is 239 Å². The number of halogens is 4. The van der Waals surface area contributed by atoms with Crippen molar-refractivity contribution in [1.82, 2.24) is 14.8 Å². The normalized spacial score (nSPS) is 20.1. The van der Waals surface area contributed by atoms with E-state index < -0.39 is 40.2 Å². The number of nitrogens with zero attached hydrogens (tertiary/aromatic N) is 4. The molecule has 5 rings (SSSR count). The highest BCUT2D eigenvalue weighted by Crippen LogP contribution is 2.43. The standard InChI is InChI=1S/C30H29F4N7O/c31-23-9-8-19(29(38,12-10-18-6-7-18)25-5-1-3-20(16-35)39-25)13-22(23)28(17-36)11-2-4-21(15-28)41-24(27(37)42)14-26(40-41)30(32,33)34/h1-5,8-9,11,13-14,18H,6-7,10,12,15,17,36,38H2,(H2,37,42). The van der Waals surface area contributed by atoms with E-state index in [1.54, 1.807) is 36.4 Å². The second kappa shape index (κ2) is 10.8. The number of hydrogen-bond donors (Lipinski definition) is 3. The van der Waals surface area contributed by atoms with Crippen LogP contribution in [-0.4, -0.2) is 27.2 Å². The van der Waals surface area contributed by atoms with Gasteiger partial charge < -0.3 is 17.2 Å². The van der Waals surface area contributed by atoms with Crippen molar-refractivity contribution >= 4 is 11.6 Å². The number of pyridine rings is 1. The topological polar surface area (TPSA) is 150 Å². The number of alkyl halides is 3. The summed E-state index contributed by atoms with van der Waals surface area (Å²) in [4.78, 5) is 16.5. The van der Waals surface area contributed by atoms with Gasteiger partial charge in [-0.05, 0) is 60.2 Å². The van der Waals surface area contributed by atoms with Gasteiger partial charge in [0.15, 0.2) is 5.69 Å². The molecule has 1 saturated carbocycles. The molecular weight excluding hydrogens is 550 g/mol. The number of allylic oxidation sites excluding steroid dienone is 3. The third kappa shape index (κ3) is 5.45. The summed E-state index contributed by atoms with van der Waals surface area (Å²) in [6, 6.07) is 12.1. The molecule has 0 radical (unpaired) electrons. The van der Waals surface area contributed by atoms with Crippen LogP contribution in [0, 0.1) is 23.1 Å². The third-order valence-corrected chi connectivity index (χ3v) is 8.07. The number of hydrogen-bond acceptors (Lipinski definition) is 6. The van der Waals surface area contributed by atoms with E-state index in [0.717, 1.165) is 23.9 Å². The first kappa shape index (κ1) is 29.2. The van der Waals surface area contributed by atoms with E-state index in [2.05, 4.69) is 10.1 Å². The van der Waals surface area contributed by atoms with Gasteiger partial charge in [0.2, 0.25) is 0 Å². The van der Waals surface area contributed by atoms with Gasteiger partial charge >= 0.3 is 6.18 Å². The Morgan fingerprint density at radius 1 is 1.17 bits per heavy atom. The molecule has 3 aromatic rings. The Morgan fingerprint density at radius 2 is 1.93 bits per heavy atom. The molecule has 2 unspecified atom stereocenters. The molecule has 8 nitrogen and oxygen atoms in total. The Morgan fingerprint density at radius 3 is 2.57 bits per heavy atom. The highest BCUT2D eigenvalue weighted by atomic mass is 19.4. The number of benzene rings is 1. The first-order valence-corrected chi connectivity index (χ1v) is 13.4. The van der Waals surface area contributed by atoms with Crippen molar-refractivity contribution in [3.8, 4) is 6.07 Å². The van der Waals surface area contributed by atoms with Crippen LogP contribution in [0.5, 0.6) is 0 Å². The summed E-state index contributed by atoms with van der Waals surface area (Å²) in [5.74, 6) is -1.16. The summed E-state index contributed by atoms with van der Waals surface area (Å²) in [6.07, 6.45) is 3.31. The summed E-state index contributed by atoms with van der Waals surface area (Å²) in [7, 11) is 0. The predicted octanol–water partition coefficient (Wildman–Crippen LogP) is 4.50. The smallest absolute Gasteiger partial charge is 0.364 e. The maximum Gasteiger partial charge on any atom is 0.435 e. The van der Waals surface area contributed by atoms with Crippen molar-refractivity contribution in [3.05, 3.63) is 100 Å². The van der Waals surface area contributed by atoms with Crippen molar-refractivity contribution < 1.29 is 22.4 Å². The molecule has 6 N–H and O–H groups in total. The van der Waals surface area contributed by atoms with Crippen LogP contribution in [0.3, 0.4) is 0 Å². The summed E-state index contributed by atoms with van der Waals surface area (Å²) in [5, 5.41) is 13.0. The average Bonchev–Trinajstić information content (AvgIpc) is 3.69. The molecule has 2 aromatic heterocycles. The Hall–Kier alpha value is -4.34. The molecule has 2 atom stereocenters. The van der Waals surface area contributed by atoms with Gasteiger partial charge in [0, 0.05) is 30.1 Å². The van der Waals surface area contributed by atoms with E-state index in [0.29, 0.717) is 29.7 Å². The summed E-state index contributed by atoms with van der Waals surface area (Å²) in [5.41, 5.74) is 16.1. The molecule has 2 heterocycles. The molecule has 42 heavy (non-hydrogen) atoms. The first-order chi connectivity index (χ1) is 19.9. The number of rotatable bonds is 9. The molecule has 1 fully saturated rings. The fourth-order valence-corrected chi connectivity index (χ4v) is 5.47. The van der Waals surface area contributed by atoms with Crippen LogP contribution in [-0.2, 0) is 17.1 Å². The van der Waals surface area contributed by atoms with Crippen molar-refractivity contribution in [2.45, 2.75) is 49.2 Å². The lowest BCUT2D eigenvalue weighted by atomic mass is 9.72. The molecule has 2 aliphatic rings. The van der Waals surface area contributed by atoms with E-state index in [9.17, 15) is 23.2 Å². The van der Waals surface area contributed by atoms with Crippen LogP contribution in [0.25, 0.3) is 5.70 Å². The van der Waals surface area contributed by atoms with Crippen LogP contribution >= 0.6 is 0 Å². The van der Waals surface area contributed by atoms with E-state index in [1.807, 2.05) is 6.07 Å². The van der Waals surface area contributed by atoms with Gasteiger partial charge in [-0.1, -0.05) is 37.1 Å². The van der Waals surface area contributed by atoms with E-state index >= 15 is 4.39 Å². The molecule has 1 amide bonds. The number of carbonyl (C=O) groups is 1. The largest absolute Gasteiger partial charge is 0.435 e. The van der Waals surface area contributed by atoms with Gasteiger partial charge in [0.25, 0.3) is 5.91 Å². The lowest BCUT2D eigenvalue weighted by Gasteiger charge is -2.36. The Kier molecular flexibility index (Phi) is 7.51. The second-order valence-electron chi connectivity index (χ2n) is 10.9. The van der Waals surface area contributed by atoms with Crippen molar-refractivity contribution in [2.75, 3.05) is 6.54 Å². The van der Waals surface area contributed by atoms with E-state index in [4.69, 9.17) is 17.2 Å². The first-order valence-electron chi connectivity index (χ1n) is 13.4. The van der Waals surface area contributed by atoms with Crippen LogP contribution < -0.4 is 17.2 Å². The average molecular weight is 580 g/mol. The highest BCUT2D eigenvalue weighted by Gasteiger charge is 2.40. The minimum Gasteiger partial charge on any atom is -0.364 e. The number of carbonyl (C=O) groups excluding carboxylic acids is 1. The number of nitrogens with two attached hydrogens (primary N) is 3. The molecule has 0 spiro atoms. The lowest BCUT2D eigenvalue weighted by molar-refractivity contribution is -0.141. The maximum absolute atomic E-state index is 15.7. The van der Waals surface area contributed by atoms with Crippen molar-refractivity contribution in [2.24, 2.45) is 23.1 Å². The third-order valence-electron chi connectivity index (χ3n) is 8.07. The van der Waals surface area contributed by atoms with Gasteiger partial charge in [0.05, 0.1) is 11.2 Å².